The molecule has 0 radical (unpaired) electrons. The van der Waals surface area contributed by atoms with Crippen molar-refractivity contribution in [2.24, 2.45) is 5.73 Å². The van der Waals surface area contributed by atoms with Gasteiger partial charge in [0.15, 0.2) is 5.82 Å². The molecule has 0 saturated carbocycles. The van der Waals surface area contributed by atoms with Crippen molar-refractivity contribution in [3.8, 4) is 5.75 Å². The Bertz CT molecular complexity index is 1020. The highest BCUT2D eigenvalue weighted by atomic mass is 35.5. The van der Waals surface area contributed by atoms with Crippen LogP contribution < -0.4 is 15.4 Å². The van der Waals surface area contributed by atoms with Crippen molar-refractivity contribution in [1.29, 1.82) is 0 Å². The first-order chi connectivity index (χ1) is 14.9. The maximum absolute atomic E-state index is 13.2. The molecular formula is C21H24ClN5O4. The first kappa shape index (κ1) is 21.4. The number of anilines is 1. The van der Waals surface area contributed by atoms with E-state index in [1.54, 1.807) is 46.1 Å². The van der Waals surface area contributed by atoms with Crippen LogP contribution in [0.1, 0.15) is 13.3 Å². The first-order valence-corrected chi connectivity index (χ1v) is 10.4. The second-order valence-corrected chi connectivity index (χ2v) is 8.16. The maximum Gasteiger partial charge on any atom is 0.251 e. The van der Waals surface area contributed by atoms with E-state index in [2.05, 4.69) is 5.10 Å². The van der Waals surface area contributed by atoms with Crippen molar-refractivity contribution in [1.82, 2.24) is 14.7 Å². The van der Waals surface area contributed by atoms with Crippen molar-refractivity contribution in [3.63, 3.8) is 0 Å². The number of aliphatic hydroxyl groups is 1. The van der Waals surface area contributed by atoms with Crippen LogP contribution in [0.5, 0.6) is 5.75 Å². The molecule has 4 rings (SSSR count). The summed E-state index contributed by atoms with van der Waals surface area (Å²) in [5.41, 5.74) is 5.76. The molecule has 1 unspecified atom stereocenters. The van der Waals surface area contributed by atoms with Gasteiger partial charge in [0.1, 0.15) is 17.6 Å². The van der Waals surface area contributed by atoms with E-state index in [4.69, 9.17) is 27.2 Å². The molecule has 2 aliphatic rings. The summed E-state index contributed by atoms with van der Waals surface area (Å²) in [4.78, 5) is 28.9. The van der Waals surface area contributed by atoms with Gasteiger partial charge in [0.05, 0.1) is 24.7 Å². The van der Waals surface area contributed by atoms with E-state index in [1.807, 2.05) is 6.92 Å². The number of aliphatic hydroxyl groups excluding tert-OH is 1. The number of ether oxygens (including phenoxy) is 1. The van der Waals surface area contributed by atoms with Crippen LogP contribution in [0.2, 0.25) is 5.02 Å². The third-order valence-electron chi connectivity index (χ3n) is 5.40. The largest absolute Gasteiger partial charge is 0.458 e. The lowest BCUT2D eigenvalue weighted by molar-refractivity contribution is -0.133. The summed E-state index contributed by atoms with van der Waals surface area (Å²) in [7, 11) is 0. The van der Waals surface area contributed by atoms with Crippen molar-refractivity contribution in [2.45, 2.75) is 38.0 Å². The van der Waals surface area contributed by atoms with Gasteiger partial charge in [0, 0.05) is 30.4 Å². The molecule has 3 heterocycles. The van der Waals surface area contributed by atoms with Crippen molar-refractivity contribution >= 4 is 29.2 Å². The number of nitrogens with zero attached hydrogens (tertiary/aromatic N) is 4. The third kappa shape index (κ3) is 4.30. The molecule has 2 aliphatic heterocycles. The summed E-state index contributed by atoms with van der Waals surface area (Å²) in [6.07, 6.45) is 3.60. The number of hydrogen-bond donors (Lipinski definition) is 2. The SMILES string of the molecule is CC1C[C@H](N2CC(Oc3ccccc3Cl)=CC2=O)C(=O)N1c1ccn(C[C@@H](N)CO)n1. The molecule has 1 aromatic carbocycles. The average Bonchev–Trinajstić information content (AvgIpc) is 3.41. The van der Waals surface area contributed by atoms with E-state index < -0.39 is 12.1 Å². The predicted octanol–water partition coefficient (Wildman–Crippen LogP) is 1.15. The second kappa shape index (κ2) is 8.70. The molecule has 3 atom stereocenters. The van der Waals surface area contributed by atoms with Gasteiger partial charge in [-0.2, -0.15) is 5.10 Å². The number of carbonyl (C=O) groups excluding carboxylic acids is 2. The fourth-order valence-electron chi connectivity index (χ4n) is 3.89. The number of nitrogens with two attached hydrogens (primary N) is 1. The van der Waals surface area contributed by atoms with E-state index in [1.165, 1.54) is 11.0 Å². The van der Waals surface area contributed by atoms with E-state index >= 15 is 0 Å². The third-order valence-corrected chi connectivity index (χ3v) is 5.72. The quantitative estimate of drug-likeness (QED) is 0.661. The topological polar surface area (TPSA) is 114 Å². The van der Waals surface area contributed by atoms with Crippen LogP contribution in [0.3, 0.4) is 0 Å². The molecule has 2 amide bonds. The van der Waals surface area contributed by atoms with Gasteiger partial charge in [-0.15, -0.1) is 0 Å². The lowest BCUT2D eigenvalue weighted by Gasteiger charge is -2.23. The van der Waals surface area contributed by atoms with Gasteiger partial charge in [-0.25, -0.2) is 0 Å². The molecule has 31 heavy (non-hydrogen) atoms. The maximum atomic E-state index is 13.2. The Kier molecular flexibility index (Phi) is 5.99. The normalized spacial score (nSPS) is 22.3. The van der Waals surface area contributed by atoms with E-state index in [0.29, 0.717) is 35.3 Å². The number of benzene rings is 1. The molecule has 3 N–H and O–H groups in total. The minimum Gasteiger partial charge on any atom is -0.458 e. The number of hydrogen-bond acceptors (Lipinski definition) is 6. The molecule has 2 aromatic rings. The van der Waals surface area contributed by atoms with E-state index in [-0.39, 0.29) is 31.0 Å². The average molecular weight is 446 g/mol. The molecule has 0 spiro atoms. The Hall–Kier alpha value is -2.88. The Morgan fingerprint density at radius 1 is 1.32 bits per heavy atom. The van der Waals surface area contributed by atoms with Gasteiger partial charge in [0.25, 0.3) is 11.8 Å². The number of halogens is 1. The van der Waals surface area contributed by atoms with Gasteiger partial charge >= 0.3 is 0 Å². The van der Waals surface area contributed by atoms with Crippen LogP contribution in [-0.4, -0.2) is 62.9 Å². The van der Waals surface area contributed by atoms with Crippen LogP contribution in [0.4, 0.5) is 5.82 Å². The molecule has 1 aromatic heterocycles. The fourth-order valence-corrected chi connectivity index (χ4v) is 4.07. The summed E-state index contributed by atoms with van der Waals surface area (Å²) >= 11 is 6.13. The fraction of sp³-hybridized carbons (Fsp3) is 0.381. The number of para-hydroxylation sites is 1. The second-order valence-electron chi connectivity index (χ2n) is 7.76. The molecule has 1 fully saturated rings. The van der Waals surface area contributed by atoms with Crippen LogP contribution in [-0.2, 0) is 16.1 Å². The molecule has 9 nitrogen and oxygen atoms in total. The van der Waals surface area contributed by atoms with Crippen molar-refractivity contribution in [2.75, 3.05) is 18.1 Å². The van der Waals surface area contributed by atoms with Crippen LogP contribution in [0.25, 0.3) is 0 Å². The van der Waals surface area contributed by atoms with E-state index in [9.17, 15) is 9.59 Å². The molecule has 0 aliphatic carbocycles. The van der Waals surface area contributed by atoms with Crippen molar-refractivity contribution in [3.05, 3.63) is 53.4 Å². The predicted molar refractivity (Wildman–Crippen MR) is 115 cm³/mol. The van der Waals surface area contributed by atoms with Crippen LogP contribution in [0, 0.1) is 0 Å². The standard InChI is InChI=1S/C21H24ClN5O4/c1-13-8-17(21(30)27(13)19-6-7-25(24-19)10-14(23)12-28)26-11-15(9-20(26)29)31-18-5-3-2-4-16(18)22/h2-7,9,13-14,17,28H,8,10-12,23H2,1H3/t13?,14-,17+/m1/s1. The molecule has 1 saturated heterocycles. The first-order valence-electron chi connectivity index (χ1n) is 10.0. The Labute approximate surface area is 184 Å². The zero-order valence-corrected chi connectivity index (χ0v) is 17.8. The smallest absolute Gasteiger partial charge is 0.251 e. The number of rotatable bonds is 7. The van der Waals surface area contributed by atoms with Gasteiger partial charge in [-0.05, 0) is 25.5 Å². The summed E-state index contributed by atoms with van der Waals surface area (Å²) in [5, 5.41) is 14.0. The van der Waals surface area contributed by atoms with Gasteiger partial charge in [-0.3, -0.25) is 19.2 Å². The molecule has 10 heteroatoms. The minimum atomic E-state index is -0.601. The highest BCUT2D eigenvalue weighted by Gasteiger charge is 2.45. The zero-order chi connectivity index (χ0) is 22.1. The summed E-state index contributed by atoms with van der Waals surface area (Å²) in [6, 6.07) is 7.58. The van der Waals surface area contributed by atoms with Gasteiger partial charge in [0.2, 0.25) is 0 Å². The molecule has 0 bridgehead atoms. The molecular weight excluding hydrogens is 422 g/mol. The minimum absolute atomic E-state index is 0.131. The van der Waals surface area contributed by atoms with Gasteiger partial charge < -0.3 is 20.5 Å². The highest BCUT2D eigenvalue weighted by Crippen LogP contribution is 2.32. The van der Waals surface area contributed by atoms with Gasteiger partial charge in [-0.1, -0.05) is 23.7 Å². The zero-order valence-electron chi connectivity index (χ0n) is 17.0. The lowest BCUT2D eigenvalue weighted by atomic mass is 10.1. The van der Waals surface area contributed by atoms with Crippen LogP contribution in [0.15, 0.2) is 48.4 Å². The highest BCUT2D eigenvalue weighted by molar-refractivity contribution is 6.32. The lowest BCUT2D eigenvalue weighted by Crippen LogP contribution is -2.43. The summed E-state index contributed by atoms with van der Waals surface area (Å²) in [6.45, 7) is 2.30. The Morgan fingerprint density at radius 2 is 2.10 bits per heavy atom. The van der Waals surface area contributed by atoms with Crippen LogP contribution >= 0.6 is 11.6 Å². The summed E-state index contributed by atoms with van der Waals surface area (Å²) < 4.78 is 7.38. The number of aromatic nitrogens is 2. The monoisotopic (exact) mass is 445 g/mol. The number of carbonyl (C=O) groups is 2. The Balaban J connectivity index is 1.45. The number of amides is 2. The molecule has 164 valence electrons. The summed E-state index contributed by atoms with van der Waals surface area (Å²) in [5.74, 6) is 0.944. The Morgan fingerprint density at radius 3 is 2.84 bits per heavy atom. The van der Waals surface area contributed by atoms with Crippen molar-refractivity contribution < 1.29 is 19.4 Å². The van der Waals surface area contributed by atoms with E-state index in [0.717, 1.165) is 0 Å².